The molecule has 0 bridgehead atoms. The maximum atomic E-state index is 13.7. The normalized spacial score (nSPS) is 21.0. The quantitative estimate of drug-likeness (QED) is 0.337. The van der Waals surface area contributed by atoms with Crippen LogP contribution in [-0.2, 0) is 25.9 Å². The number of aryl methyl sites for hydroxylation is 1. The van der Waals surface area contributed by atoms with E-state index in [4.69, 9.17) is 0 Å². The summed E-state index contributed by atoms with van der Waals surface area (Å²) in [6, 6.07) is 9.11. The lowest BCUT2D eigenvalue weighted by atomic mass is 9.86. The summed E-state index contributed by atoms with van der Waals surface area (Å²) in [5.41, 5.74) is -3.07. The van der Waals surface area contributed by atoms with Crippen molar-refractivity contribution >= 4 is 5.95 Å². The zero-order valence-electron chi connectivity index (χ0n) is 20.8. The largest absolute Gasteiger partial charge is 0.416 e. The third kappa shape index (κ3) is 6.85. The van der Waals surface area contributed by atoms with Gasteiger partial charge in [-0.1, -0.05) is 35.4 Å². The average molecular weight is 581 g/mol. The Balaban J connectivity index is 1.71. The maximum absolute atomic E-state index is 13.7. The fourth-order valence-corrected chi connectivity index (χ4v) is 5.15. The van der Waals surface area contributed by atoms with E-state index in [0.29, 0.717) is 17.7 Å². The summed E-state index contributed by atoms with van der Waals surface area (Å²) in [4.78, 5) is 2.19. The Hall–Kier alpha value is -3.36. The Morgan fingerprint density at radius 2 is 1.52 bits per heavy atom. The van der Waals surface area contributed by atoms with Crippen LogP contribution < -0.4 is 4.90 Å². The molecule has 0 saturated heterocycles. The van der Waals surface area contributed by atoms with Gasteiger partial charge in [-0.25, -0.2) is 0 Å². The van der Waals surface area contributed by atoms with Crippen molar-refractivity contribution in [3.8, 4) is 0 Å². The average Bonchev–Trinajstić information content (AvgIpc) is 3.49. The third-order valence-corrected chi connectivity index (χ3v) is 7.02. The Morgan fingerprint density at radius 3 is 2.02 bits per heavy atom. The number of alkyl halides is 9. The summed E-state index contributed by atoms with van der Waals surface area (Å²) >= 11 is 0. The molecule has 1 fully saturated rings. The van der Waals surface area contributed by atoms with Crippen molar-refractivity contribution < 1.29 is 44.6 Å². The van der Waals surface area contributed by atoms with Gasteiger partial charge in [0.15, 0.2) is 0 Å². The van der Waals surface area contributed by atoms with Gasteiger partial charge in [0.2, 0.25) is 0 Å². The second-order valence-corrected chi connectivity index (χ2v) is 9.86. The number of halogens is 9. The Labute approximate surface area is 222 Å². The second-order valence-electron chi connectivity index (χ2n) is 9.86. The number of aromatic nitrogens is 4. The van der Waals surface area contributed by atoms with Crippen LogP contribution in [-0.4, -0.2) is 38.0 Å². The summed E-state index contributed by atoms with van der Waals surface area (Å²) in [7, 11) is 1.37. The second kappa shape index (κ2) is 10.9. The molecule has 3 aromatic rings. The number of rotatable bonds is 7. The molecule has 1 aliphatic carbocycles. The van der Waals surface area contributed by atoms with Crippen LogP contribution in [0.2, 0.25) is 0 Å². The molecule has 4 unspecified atom stereocenters. The number of hydrogen-bond donors (Lipinski definition) is 1. The number of benzene rings is 2. The molecule has 0 radical (unpaired) electrons. The van der Waals surface area contributed by atoms with Gasteiger partial charge in [0.05, 0.1) is 30.2 Å². The minimum absolute atomic E-state index is 0.00837. The van der Waals surface area contributed by atoms with Gasteiger partial charge >= 0.3 is 18.5 Å². The number of tetrazole rings is 1. The lowest BCUT2D eigenvalue weighted by molar-refractivity contribution is -0.174. The van der Waals surface area contributed by atoms with Gasteiger partial charge in [-0.15, -0.1) is 5.10 Å². The van der Waals surface area contributed by atoms with Crippen LogP contribution in [0, 0.1) is 17.8 Å². The van der Waals surface area contributed by atoms with Gasteiger partial charge in [0.25, 0.3) is 5.95 Å². The van der Waals surface area contributed by atoms with Crippen LogP contribution in [0.5, 0.6) is 0 Å². The van der Waals surface area contributed by atoms with E-state index in [1.165, 1.54) is 11.9 Å². The van der Waals surface area contributed by atoms with E-state index in [9.17, 15) is 44.6 Å². The fourth-order valence-electron chi connectivity index (χ4n) is 5.15. The predicted octanol–water partition coefficient (Wildman–Crippen LogP) is 6.19. The van der Waals surface area contributed by atoms with Crippen molar-refractivity contribution in [2.45, 2.75) is 44.0 Å². The van der Waals surface area contributed by atoms with Gasteiger partial charge < -0.3 is 10.0 Å². The van der Waals surface area contributed by atoms with Crippen molar-refractivity contribution in [2.24, 2.45) is 24.8 Å². The number of hydrogen-bond acceptors (Lipinski definition) is 5. The zero-order chi connectivity index (χ0) is 29.5. The molecule has 4 rings (SSSR count). The van der Waals surface area contributed by atoms with Gasteiger partial charge in [-0.2, -0.15) is 44.3 Å². The van der Waals surface area contributed by atoms with Crippen LogP contribution >= 0.6 is 0 Å². The van der Waals surface area contributed by atoms with Crippen molar-refractivity contribution in [3.05, 3.63) is 70.8 Å². The third-order valence-electron chi connectivity index (χ3n) is 7.02. The fraction of sp³-hybridized carbons (Fsp3) is 0.480. The van der Waals surface area contributed by atoms with Crippen LogP contribution in [0.1, 0.15) is 41.2 Å². The summed E-state index contributed by atoms with van der Waals surface area (Å²) in [6.07, 6.45) is -16.8. The van der Waals surface area contributed by atoms with Gasteiger partial charge in [-0.05, 0) is 59.2 Å². The van der Waals surface area contributed by atoms with Crippen molar-refractivity contribution in [1.82, 2.24) is 20.2 Å². The summed E-state index contributed by atoms with van der Waals surface area (Å²) < 4.78 is 122. The molecular formula is C25H24F9N5O. The van der Waals surface area contributed by atoms with E-state index in [1.54, 1.807) is 30.3 Å². The molecule has 2 aromatic carbocycles. The number of aliphatic hydroxyl groups is 1. The first-order chi connectivity index (χ1) is 18.5. The lowest BCUT2D eigenvalue weighted by Gasteiger charge is -2.30. The van der Waals surface area contributed by atoms with Crippen LogP contribution in [0.25, 0.3) is 0 Å². The summed E-state index contributed by atoms with van der Waals surface area (Å²) in [5.74, 6) is -3.74. The molecule has 0 amide bonds. The number of anilines is 1. The minimum atomic E-state index is -5.08. The molecule has 1 aromatic heterocycles. The Bertz CT molecular complexity index is 1260. The Morgan fingerprint density at radius 1 is 0.925 bits per heavy atom. The predicted molar refractivity (Wildman–Crippen MR) is 123 cm³/mol. The molecular weight excluding hydrogens is 557 g/mol. The van der Waals surface area contributed by atoms with E-state index < -0.39 is 78.5 Å². The molecule has 1 aliphatic rings. The standard InChI is InChI=1S/C25H24F9N5O/c1-38-36-22(35-37-38)39(12-14-7-17(23(26,27)28)10-18(8-14)24(29,30)31)13-16-9-19(25(32,33)34)11-20(16)21(40)15-5-3-2-4-6-15/h2-8,10,16,19-21,40H,9,11-13H2,1H3. The van der Waals surface area contributed by atoms with E-state index in [2.05, 4.69) is 15.4 Å². The van der Waals surface area contributed by atoms with Crippen LogP contribution in [0.4, 0.5) is 45.5 Å². The summed E-state index contributed by atoms with van der Waals surface area (Å²) in [6.45, 7) is -0.871. The molecule has 6 nitrogen and oxygen atoms in total. The van der Waals surface area contributed by atoms with Gasteiger partial charge in [0.1, 0.15) is 0 Å². The highest BCUT2D eigenvalue weighted by atomic mass is 19.4. The highest BCUT2D eigenvalue weighted by molar-refractivity contribution is 5.37. The van der Waals surface area contributed by atoms with E-state index in [0.717, 1.165) is 4.80 Å². The summed E-state index contributed by atoms with van der Waals surface area (Å²) in [5, 5.41) is 22.4. The van der Waals surface area contributed by atoms with E-state index in [-0.39, 0.29) is 18.6 Å². The van der Waals surface area contributed by atoms with Crippen LogP contribution in [0.3, 0.4) is 0 Å². The first-order valence-electron chi connectivity index (χ1n) is 12.1. The SMILES string of the molecule is Cn1nnc(N(Cc2cc(C(F)(F)F)cc(C(F)(F)F)c2)CC2CC(C(F)(F)F)CC2C(O)c2ccccc2)n1. The molecule has 0 aliphatic heterocycles. The monoisotopic (exact) mass is 581 g/mol. The van der Waals surface area contributed by atoms with E-state index in [1.807, 2.05) is 0 Å². The molecule has 1 heterocycles. The molecule has 40 heavy (non-hydrogen) atoms. The molecule has 1 saturated carbocycles. The first kappa shape index (κ1) is 29.6. The maximum Gasteiger partial charge on any atom is 0.416 e. The number of nitrogens with zero attached hydrogens (tertiary/aromatic N) is 5. The van der Waals surface area contributed by atoms with Crippen molar-refractivity contribution in [3.63, 3.8) is 0 Å². The topological polar surface area (TPSA) is 67.1 Å². The molecule has 15 heteroatoms. The highest BCUT2D eigenvalue weighted by Crippen LogP contribution is 2.50. The van der Waals surface area contributed by atoms with Crippen LogP contribution in [0.15, 0.2) is 48.5 Å². The molecule has 0 spiro atoms. The molecule has 1 N–H and O–H groups in total. The zero-order valence-corrected chi connectivity index (χ0v) is 20.8. The van der Waals surface area contributed by atoms with Gasteiger partial charge in [0, 0.05) is 13.1 Å². The minimum Gasteiger partial charge on any atom is -0.388 e. The first-order valence-corrected chi connectivity index (χ1v) is 12.1. The van der Waals surface area contributed by atoms with Gasteiger partial charge in [-0.3, -0.25) is 0 Å². The van der Waals surface area contributed by atoms with E-state index >= 15 is 0 Å². The molecule has 4 atom stereocenters. The Kier molecular flexibility index (Phi) is 8.07. The molecule has 218 valence electrons. The number of aliphatic hydroxyl groups excluding tert-OH is 1. The smallest absolute Gasteiger partial charge is 0.388 e. The van der Waals surface area contributed by atoms with Crippen molar-refractivity contribution in [1.29, 1.82) is 0 Å². The van der Waals surface area contributed by atoms with Crippen molar-refractivity contribution in [2.75, 3.05) is 11.4 Å². The highest BCUT2D eigenvalue weighted by Gasteiger charge is 2.50. The lowest BCUT2D eigenvalue weighted by Crippen LogP contribution is -2.33.